The number of rotatable bonds is 4. The molecule has 0 saturated carbocycles. The fourth-order valence-electron chi connectivity index (χ4n) is 5.37. The van der Waals surface area contributed by atoms with E-state index in [9.17, 15) is 9.59 Å². The second-order valence-corrected chi connectivity index (χ2v) is 8.89. The molecular weight excluding hydrogens is 372 g/mol. The van der Waals surface area contributed by atoms with Gasteiger partial charge < -0.3 is 10.6 Å². The van der Waals surface area contributed by atoms with Crippen molar-refractivity contribution in [2.75, 3.05) is 18.4 Å². The van der Waals surface area contributed by atoms with E-state index in [0.29, 0.717) is 12.6 Å². The Kier molecular flexibility index (Phi) is 4.25. The lowest BCUT2D eigenvalue weighted by atomic mass is 9.78. The molecule has 0 radical (unpaired) electrons. The first-order valence-electron chi connectivity index (χ1n) is 9.96. The van der Waals surface area contributed by atoms with Crippen LogP contribution in [0.4, 0.5) is 5.69 Å². The van der Waals surface area contributed by atoms with E-state index in [-0.39, 0.29) is 17.7 Å². The van der Waals surface area contributed by atoms with Crippen LogP contribution in [0.2, 0.25) is 0 Å². The fourth-order valence-corrected chi connectivity index (χ4v) is 6.15. The third-order valence-electron chi connectivity index (χ3n) is 6.59. The van der Waals surface area contributed by atoms with Crippen LogP contribution in [0.3, 0.4) is 0 Å². The quantitative estimate of drug-likeness (QED) is 0.833. The van der Waals surface area contributed by atoms with Crippen LogP contribution in [0.15, 0.2) is 29.8 Å². The molecule has 7 heteroatoms. The summed E-state index contributed by atoms with van der Waals surface area (Å²) in [7, 11) is 0. The first kappa shape index (κ1) is 17.8. The number of fused-ring (bicyclic) bond motifs is 4. The van der Waals surface area contributed by atoms with Crippen LogP contribution in [0, 0.1) is 12.8 Å². The maximum absolute atomic E-state index is 13.3. The zero-order chi connectivity index (χ0) is 19.3. The molecule has 3 aliphatic rings. The Hall–Kier alpha value is -2.25. The standard InChI is InChI=1S/C21H24N4O2S/c1-13-18(28-12-23-13)8-9-22-19(26)16-11-14-5-4-10-25(14)21(16)15-6-2-3-7-17(15)24-20(21)27/h2-3,6-7,12,14,16H,4-5,8-11H2,1H3,(H,22,26)(H,24,27)/t14-,16+,21+/m1/s1. The predicted octanol–water partition coefficient (Wildman–Crippen LogP) is 2.44. The molecule has 1 spiro atoms. The minimum atomic E-state index is -0.859. The topological polar surface area (TPSA) is 74.3 Å². The Labute approximate surface area is 168 Å². The van der Waals surface area contributed by atoms with Crippen molar-refractivity contribution in [3.05, 3.63) is 45.9 Å². The van der Waals surface area contributed by atoms with E-state index in [0.717, 1.165) is 49.2 Å². The molecule has 3 atom stereocenters. The van der Waals surface area contributed by atoms with Gasteiger partial charge in [-0.25, -0.2) is 4.98 Å². The summed E-state index contributed by atoms with van der Waals surface area (Å²) in [5.41, 5.74) is 3.82. The molecule has 0 unspecified atom stereocenters. The van der Waals surface area contributed by atoms with Crippen LogP contribution < -0.4 is 10.6 Å². The second kappa shape index (κ2) is 6.67. The van der Waals surface area contributed by atoms with Crippen molar-refractivity contribution < 1.29 is 9.59 Å². The summed E-state index contributed by atoms with van der Waals surface area (Å²) in [5.74, 6) is -0.413. The highest BCUT2D eigenvalue weighted by atomic mass is 32.1. The number of aromatic nitrogens is 1. The maximum atomic E-state index is 13.3. The summed E-state index contributed by atoms with van der Waals surface area (Å²) < 4.78 is 0. The highest BCUT2D eigenvalue weighted by molar-refractivity contribution is 7.09. The number of benzene rings is 1. The van der Waals surface area contributed by atoms with Crippen molar-refractivity contribution in [1.82, 2.24) is 15.2 Å². The van der Waals surface area contributed by atoms with Gasteiger partial charge in [-0.2, -0.15) is 0 Å². The lowest BCUT2D eigenvalue weighted by Gasteiger charge is -2.36. The molecule has 2 saturated heterocycles. The minimum Gasteiger partial charge on any atom is -0.355 e. The third kappa shape index (κ3) is 2.46. The van der Waals surface area contributed by atoms with Gasteiger partial charge in [0.1, 0.15) is 5.54 Å². The number of thiazole rings is 1. The van der Waals surface area contributed by atoms with Gasteiger partial charge in [0.15, 0.2) is 0 Å². The Bertz CT molecular complexity index is 942. The number of carbonyl (C=O) groups is 2. The summed E-state index contributed by atoms with van der Waals surface area (Å²) in [6.45, 7) is 3.44. The van der Waals surface area contributed by atoms with E-state index in [1.807, 2.05) is 36.7 Å². The monoisotopic (exact) mass is 396 g/mol. The number of nitrogens with one attached hydrogen (secondary N) is 2. The predicted molar refractivity (Wildman–Crippen MR) is 108 cm³/mol. The number of hydrogen-bond donors (Lipinski definition) is 2. The Morgan fingerprint density at radius 3 is 3.11 bits per heavy atom. The van der Waals surface area contributed by atoms with E-state index in [4.69, 9.17) is 0 Å². The molecule has 6 nitrogen and oxygen atoms in total. The average Bonchev–Trinajstić information content (AvgIpc) is 3.42. The molecule has 146 valence electrons. The lowest BCUT2D eigenvalue weighted by Crippen LogP contribution is -2.54. The minimum absolute atomic E-state index is 0.0107. The molecule has 3 aliphatic heterocycles. The molecule has 1 aromatic heterocycles. The smallest absolute Gasteiger partial charge is 0.250 e. The Balaban J connectivity index is 1.43. The summed E-state index contributed by atoms with van der Waals surface area (Å²) in [5, 5.41) is 6.16. The maximum Gasteiger partial charge on any atom is 0.250 e. The zero-order valence-electron chi connectivity index (χ0n) is 15.9. The van der Waals surface area contributed by atoms with Crippen LogP contribution in [-0.4, -0.2) is 40.8 Å². The van der Waals surface area contributed by atoms with Gasteiger partial charge in [0.05, 0.1) is 17.1 Å². The van der Waals surface area contributed by atoms with E-state index in [1.54, 1.807) is 11.3 Å². The van der Waals surface area contributed by atoms with E-state index in [2.05, 4.69) is 20.5 Å². The SMILES string of the molecule is Cc1ncsc1CCNC(=O)[C@@H]1C[C@H]2CCCN2[C@]12C(=O)Nc1ccccc12. The first-order valence-corrected chi connectivity index (χ1v) is 10.8. The summed E-state index contributed by atoms with van der Waals surface area (Å²) in [6.07, 6.45) is 3.66. The van der Waals surface area contributed by atoms with Crippen molar-refractivity contribution in [3.63, 3.8) is 0 Å². The molecule has 0 bridgehead atoms. The Morgan fingerprint density at radius 2 is 2.29 bits per heavy atom. The molecule has 0 aliphatic carbocycles. The van der Waals surface area contributed by atoms with Crippen LogP contribution in [-0.2, 0) is 21.5 Å². The van der Waals surface area contributed by atoms with Gasteiger partial charge in [0, 0.05) is 35.1 Å². The van der Waals surface area contributed by atoms with Gasteiger partial charge in [-0.1, -0.05) is 18.2 Å². The molecule has 2 aromatic rings. The van der Waals surface area contributed by atoms with E-state index < -0.39 is 5.54 Å². The summed E-state index contributed by atoms with van der Waals surface area (Å²) in [4.78, 5) is 34.3. The highest BCUT2D eigenvalue weighted by Gasteiger charge is 2.65. The largest absolute Gasteiger partial charge is 0.355 e. The normalized spacial score (nSPS) is 28.4. The van der Waals surface area contributed by atoms with Crippen LogP contribution in [0.25, 0.3) is 0 Å². The summed E-state index contributed by atoms with van der Waals surface area (Å²) >= 11 is 1.62. The van der Waals surface area contributed by atoms with Crippen molar-refractivity contribution in [3.8, 4) is 0 Å². The Morgan fingerprint density at radius 1 is 1.43 bits per heavy atom. The van der Waals surface area contributed by atoms with Crippen molar-refractivity contribution in [1.29, 1.82) is 0 Å². The molecule has 5 rings (SSSR count). The van der Waals surface area contributed by atoms with E-state index >= 15 is 0 Å². The second-order valence-electron chi connectivity index (χ2n) is 7.95. The van der Waals surface area contributed by atoms with Gasteiger partial charge in [0.2, 0.25) is 11.8 Å². The van der Waals surface area contributed by atoms with Gasteiger partial charge in [-0.3, -0.25) is 14.5 Å². The van der Waals surface area contributed by atoms with Crippen LogP contribution in [0.1, 0.15) is 35.4 Å². The number of aryl methyl sites for hydroxylation is 1. The molecule has 2 N–H and O–H groups in total. The molecule has 28 heavy (non-hydrogen) atoms. The molecule has 4 heterocycles. The third-order valence-corrected chi connectivity index (χ3v) is 7.58. The summed E-state index contributed by atoms with van der Waals surface area (Å²) in [6, 6.07) is 8.14. The lowest BCUT2D eigenvalue weighted by molar-refractivity contribution is -0.137. The number of para-hydroxylation sites is 1. The number of nitrogens with zero attached hydrogens (tertiary/aromatic N) is 2. The van der Waals surface area contributed by atoms with Crippen molar-refractivity contribution >= 4 is 28.8 Å². The molecule has 2 fully saturated rings. The van der Waals surface area contributed by atoms with Crippen molar-refractivity contribution in [2.45, 2.75) is 44.2 Å². The van der Waals surface area contributed by atoms with Gasteiger partial charge in [-0.05, 0) is 38.8 Å². The van der Waals surface area contributed by atoms with Gasteiger partial charge in [-0.15, -0.1) is 11.3 Å². The number of amides is 2. The van der Waals surface area contributed by atoms with Crippen LogP contribution >= 0.6 is 11.3 Å². The first-order chi connectivity index (χ1) is 13.6. The fraction of sp³-hybridized carbons (Fsp3) is 0.476. The zero-order valence-corrected chi connectivity index (χ0v) is 16.7. The molecule has 2 amide bonds. The molecular formula is C21H24N4O2S. The number of hydrogen-bond acceptors (Lipinski definition) is 5. The number of anilines is 1. The van der Waals surface area contributed by atoms with Gasteiger partial charge >= 0.3 is 0 Å². The number of carbonyl (C=O) groups excluding carboxylic acids is 2. The van der Waals surface area contributed by atoms with Crippen molar-refractivity contribution in [2.24, 2.45) is 5.92 Å². The average molecular weight is 397 g/mol. The molecule has 1 aromatic carbocycles. The van der Waals surface area contributed by atoms with Crippen LogP contribution in [0.5, 0.6) is 0 Å². The van der Waals surface area contributed by atoms with Gasteiger partial charge in [0.25, 0.3) is 0 Å². The van der Waals surface area contributed by atoms with E-state index in [1.165, 1.54) is 4.88 Å². The highest BCUT2D eigenvalue weighted by Crippen LogP contribution is 2.55.